The van der Waals surface area contributed by atoms with Gasteiger partial charge in [-0.1, -0.05) is 0 Å². The van der Waals surface area contributed by atoms with Crippen molar-refractivity contribution in [3.63, 3.8) is 0 Å². The van der Waals surface area contributed by atoms with Crippen LogP contribution in [-0.4, -0.2) is 77.2 Å². The van der Waals surface area contributed by atoms with Gasteiger partial charge in [0.15, 0.2) is 12.2 Å². The lowest BCUT2D eigenvalue weighted by atomic mass is 9.56. The fourth-order valence-electron chi connectivity index (χ4n) is 7.47. The van der Waals surface area contributed by atoms with Gasteiger partial charge in [0.25, 0.3) is 0 Å². The van der Waals surface area contributed by atoms with Gasteiger partial charge in [0.1, 0.15) is 18.8 Å². The van der Waals surface area contributed by atoms with Crippen LogP contribution in [0.5, 0.6) is 0 Å². The van der Waals surface area contributed by atoms with Crippen molar-refractivity contribution in [1.82, 2.24) is 0 Å². The first-order valence-electron chi connectivity index (χ1n) is 14.0. The molecule has 4 bridgehead atoms. The van der Waals surface area contributed by atoms with Crippen LogP contribution in [0.15, 0.2) is 0 Å². The number of thioether (sulfide) groups is 1. The number of ether oxygens (including phenoxy) is 6. The highest BCUT2D eigenvalue weighted by Gasteiger charge is 2.63. The molecule has 1 aliphatic heterocycles. The average Bonchev–Trinajstić information content (AvgIpc) is 2.81. The van der Waals surface area contributed by atoms with E-state index in [0.29, 0.717) is 17.8 Å². The highest BCUT2D eigenvalue weighted by Crippen LogP contribution is 2.64. The minimum atomic E-state index is -1.66. The van der Waals surface area contributed by atoms with Crippen molar-refractivity contribution in [3.8, 4) is 0 Å². The number of hydrogen-bond acceptors (Lipinski definition) is 12. The maximum absolute atomic E-state index is 13.9. The molecule has 5 rings (SSSR count). The van der Waals surface area contributed by atoms with E-state index in [9.17, 15) is 24.0 Å². The lowest BCUT2D eigenvalue weighted by molar-refractivity contribution is -0.242. The lowest BCUT2D eigenvalue weighted by Gasteiger charge is -2.59. The minimum Gasteiger partial charge on any atom is -0.463 e. The Labute approximate surface area is 238 Å². The number of rotatable bonds is 10. The lowest BCUT2D eigenvalue weighted by Crippen LogP contribution is -2.64. The summed E-state index contributed by atoms with van der Waals surface area (Å²) >= 11 is 1.41. The van der Waals surface area contributed by atoms with Gasteiger partial charge in [-0.05, 0) is 63.2 Å². The first kappa shape index (κ1) is 30.6. The molecule has 40 heavy (non-hydrogen) atoms. The maximum Gasteiger partial charge on any atom is 0.349 e. The predicted molar refractivity (Wildman–Crippen MR) is 141 cm³/mol. The highest BCUT2D eigenvalue weighted by molar-refractivity contribution is 8.02. The van der Waals surface area contributed by atoms with Crippen LogP contribution in [0, 0.1) is 17.8 Å². The smallest absolute Gasteiger partial charge is 0.349 e. The molecule has 5 fully saturated rings. The zero-order valence-corrected chi connectivity index (χ0v) is 24.6. The molecular formula is C28H40O11S. The first-order chi connectivity index (χ1) is 18.8. The van der Waals surface area contributed by atoms with E-state index in [4.69, 9.17) is 28.4 Å². The fourth-order valence-corrected chi connectivity index (χ4v) is 9.67. The second-order valence-electron chi connectivity index (χ2n) is 11.6. The molecule has 0 amide bonds. The summed E-state index contributed by atoms with van der Waals surface area (Å²) in [6.45, 7) is 6.13. The first-order valence-corrected chi connectivity index (χ1v) is 14.9. The van der Waals surface area contributed by atoms with E-state index in [0.717, 1.165) is 19.3 Å². The molecule has 0 radical (unpaired) electrons. The van der Waals surface area contributed by atoms with Crippen LogP contribution < -0.4 is 0 Å². The van der Waals surface area contributed by atoms with E-state index >= 15 is 0 Å². The summed E-state index contributed by atoms with van der Waals surface area (Å²) in [5, 5.41) is 0. The average molecular weight is 585 g/mol. The zero-order chi connectivity index (χ0) is 29.2. The van der Waals surface area contributed by atoms with Gasteiger partial charge >= 0.3 is 29.8 Å². The molecular weight excluding hydrogens is 544 g/mol. The van der Waals surface area contributed by atoms with E-state index in [1.54, 1.807) is 6.92 Å². The largest absolute Gasteiger partial charge is 0.463 e. The normalized spacial score (nSPS) is 36.7. The van der Waals surface area contributed by atoms with Crippen LogP contribution >= 0.6 is 11.8 Å². The van der Waals surface area contributed by atoms with E-state index in [1.807, 2.05) is 0 Å². The molecule has 5 atom stereocenters. The SMILES string of the molecule is CCOC(=O)[C@@]1(SC23CC4CC(CC(C4)C2)C3)C[C@@H](OC(C)=O)[C@@H](OC(C)=O)[C@H]([C@@H](COC(C)=O)OC(C)=O)O1. The molecule has 0 aromatic carbocycles. The molecule has 0 N–H and O–H groups in total. The van der Waals surface area contributed by atoms with Crippen molar-refractivity contribution in [3.05, 3.63) is 0 Å². The summed E-state index contributed by atoms with van der Waals surface area (Å²) in [5.74, 6) is -1.59. The minimum absolute atomic E-state index is 0.0858. The molecule has 0 aromatic rings. The van der Waals surface area contributed by atoms with Gasteiger partial charge in [-0.2, -0.15) is 0 Å². The maximum atomic E-state index is 13.9. The molecule has 12 heteroatoms. The third kappa shape index (κ3) is 6.92. The van der Waals surface area contributed by atoms with Crippen LogP contribution in [0.25, 0.3) is 0 Å². The van der Waals surface area contributed by atoms with Gasteiger partial charge in [0, 0.05) is 38.9 Å². The quantitative estimate of drug-likeness (QED) is 0.275. The molecule has 5 aliphatic rings. The zero-order valence-electron chi connectivity index (χ0n) is 23.8. The fraction of sp³-hybridized carbons (Fsp3) is 0.821. The van der Waals surface area contributed by atoms with Gasteiger partial charge in [0.2, 0.25) is 4.93 Å². The second kappa shape index (κ2) is 12.3. The topological polar surface area (TPSA) is 141 Å². The van der Waals surface area contributed by atoms with Crippen molar-refractivity contribution in [2.75, 3.05) is 13.2 Å². The molecule has 4 saturated carbocycles. The Balaban J connectivity index is 1.78. The van der Waals surface area contributed by atoms with Gasteiger partial charge in [-0.25, -0.2) is 4.79 Å². The summed E-state index contributed by atoms with van der Waals surface area (Å²) in [4.78, 5) is 60.4. The highest BCUT2D eigenvalue weighted by atomic mass is 32.2. The molecule has 0 unspecified atom stereocenters. The molecule has 1 heterocycles. The summed E-state index contributed by atoms with van der Waals surface area (Å²) in [5.41, 5.74) is 0. The summed E-state index contributed by atoms with van der Waals surface area (Å²) in [6.07, 6.45) is 1.30. The van der Waals surface area contributed by atoms with Gasteiger partial charge in [-0.15, -0.1) is 11.8 Å². The third-order valence-electron chi connectivity index (χ3n) is 8.19. The number of carbonyl (C=O) groups excluding carboxylic acids is 5. The monoisotopic (exact) mass is 584 g/mol. The molecule has 0 aromatic heterocycles. The number of hydrogen-bond donors (Lipinski definition) is 0. The summed E-state index contributed by atoms with van der Waals surface area (Å²) in [6, 6.07) is 0. The Morgan fingerprint density at radius 3 is 1.85 bits per heavy atom. The molecule has 0 spiro atoms. The van der Waals surface area contributed by atoms with Crippen molar-refractivity contribution >= 4 is 41.6 Å². The van der Waals surface area contributed by atoms with Gasteiger partial charge < -0.3 is 28.4 Å². The molecule has 1 saturated heterocycles. The molecule has 11 nitrogen and oxygen atoms in total. The number of esters is 5. The summed E-state index contributed by atoms with van der Waals surface area (Å²) < 4.78 is 33.8. The predicted octanol–water partition coefficient (Wildman–Crippen LogP) is 3.09. The van der Waals surface area contributed by atoms with Crippen LogP contribution in [0.1, 0.15) is 79.6 Å². The second-order valence-corrected chi connectivity index (χ2v) is 13.4. The van der Waals surface area contributed by atoms with E-state index in [2.05, 4.69) is 0 Å². The third-order valence-corrected chi connectivity index (χ3v) is 9.88. The van der Waals surface area contributed by atoms with E-state index in [-0.39, 0.29) is 17.8 Å². The van der Waals surface area contributed by atoms with Crippen molar-refractivity contribution < 1.29 is 52.4 Å². The summed E-state index contributed by atoms with van der Waals surface area (Å²) in [7, 11) is 0. The Kier molecular flexibility index (Phi) is 9.38. The Morgan fingerprint density at radius 2 is 1.38 bits per heavy atom. The van der Waals surface area contributed by atoms with Crippen molar-refractivity contribution in [1.29, 1.82) is 0 Å². The Morgan fingerprint density at radius 1 is 0.800 bits per heavy atom. The van der Waals surface area contributed by atoms with Crippen LogP contribution in [-0.2, 0) is 52.4 Å². The van der Waals surface area contributed by atoms with Crippen LogP contribution in [0.4, 0.5) is 0 Å². The number of carbonyl (C=O) groups is 5. The standard InChI is InChI=1S/C28H40O11S/c1-6-34-26(33)28(40-27-10-19-7-20(11-27)9-21(8-19)12-27)13-22(36-16(3)30)24(38-18(5)32)25(39-28)23(37-17(4)31)14-35-15(2)29/h19-25H,6-14H2,1-5H3/t19?,20?,21?,22-,23-,24-,25+,27?,28+/m1/s1. The van der Waals surface area contributed by atoms with Crippen LogP contribution in [0.3, 0.4) is 0 Å². The Hall–Kier alpha value is -2.34. The van der Waals surface area contributed by atoms with Crippen molar-refractivity contribution in [2.45, 2.75) is 114 Å². The van der Waals surface area contributed by atoms with E-state index in [1.165, 1.54) is 58.7 Å². The Bertz CT molecular complexity index is 977. The molecule has 4 aliphatic carbocycles. The molecule has 224 valence electrons. The van der Waals surface area contributed by atoms with Crippen molar-refractivity contribution in [2.24, 2.45) is 17.8 Å². The van der Waals surface area contributed by atoms with E-state index < -0.39 is 65.8 Å². The van der Waals surface area contributed by atoms with Gasteiger partial charge in [-0.3, -0.25) is 19.2 Å². The van der Waals surface area contributed by atoms with Crippen LogP contribution in [0.2, 0.25) is 0 Å². The van der Waals surface area contributed by atoms with Gasteiger partial charge in [0.05, 0.1) is 6.61 Å².